The molecule has 0 aromatic carbocycles. The molecule has 0 saturated carbocycles. The summed E-state index contributed by atoms with van der Waals surface area (Å²) in [5.41, 5.74) is 0. The molecule has 0 bridgehead atoms. The van der Waals surface area contributed by atoms with E-state index >= 15 is 0 Å². The van der Waals surface area contributed by atoms with E-state index in [1.807, 2.05) is 0 Å². The van der Waals surface area contributed by atoms with Crippen LogP contribution in [0.2, 0.25) is 0 Å². The van der Waals surface area contributed by atoms with Gasteiger partial charge in [-0.15, -0.1) is 0 Å². The average molecular weight is 261 g/mol. The second-order valence-corrected chi connectivity index (χ2v) is 9.48. The van der Waals surface area contributed by atoms with E-state index in [0.29, 0.717) is 0 Å². The highest BCUT2D eigenvalue weighted by Crippen LogP contribution is 2.60. The van der Waals surface area contributed by atoms with Gasteiger partial charge >= 0.3 is 0 Å². The molecule has 0 aromatic heterocycles. The molecule has 0 aromatic rings. The Morgan fingerprint density at radius 3 is 1.41 bits per heavy atom. The van der Waals surface area contributed by atoms with Crippen molar-refractivity contribution in [3.8, 4) is 0 Å². The zero-order chi connectivity index (χ0) is 13.0. The molecular weight excluding hydrogens is 227 g/mol. The molecule has 0 fully saturated rings. The highest BCUT2D eigenvalue weighted by atomic mass is 31.2. The molecule has 0 rings (SSSR count). The third kappa shape index (κ3) is 8.16. The Morgan fingerprint density at radius 1 is 0.706 bits per heavy atom. The van der Waals surface area contributed by atoms with E-state index in [0.717, 1.165) is 13.0 Å². The molecule has 0 unspecified atom stereocenters. The molecule has 0 saturated heterocycles. The van der Waals surface area contributed by atoms with E-state index in [1.54, 1.807) is 0 Å². The van der Waals surface area contributed by atoms with Crippen LogP contribution in [0, 0.1) is 0 Å². The number of hydrogen-bond donors (Lipinski definition) is 0. The summed E-state index contributed by atoms with van der Waals surface area (Å²) in [7, 11) is -0.784. The van der Waals surface area contributed by atoms with Crippen LogP contribution in [-0.4, -0.2) is 31.4 Å². The third-order valence-corrected chi connectivity index (χ3v) is 8.05. The summed E-state index contributed by atoms with van der Waals surface area (Å²) in [6.45, 7) is 9.97. The van der Waals surface area contributed by atoms with Crippen LogP contribution in [0.1, 0.15) is 66.2 Å². The van der Waals surface area contributed by atoms with Crippen LogP contribution in [0.25, 0.3) is 0 Å². The molecule has 0 aliphatic carbocycles. The fourth-order valence-corrected chi connectivity index (χ4v) is 6.88. The van der Waals surface area contributed by atoms with Gasteiger partial charge < -0.3 is 4.74 Å². The van der Waals surface area contributed by atoms with E-state index in [1.165, 1.54) is 57.0 Å². The summed E-state index contributed by atoms with van der Waals surface area (Å²) < 4.78 is 5.84. The fourth-order valence-electron chi connectivity index (χ4n) is 2.29. The molecule has 0 spiro atoms. The maximum atomic E-state index is 5.84. The lowest BCUT2D eigenvalue weighted by Crippen LogP contribution is -2.14. The second-order valence-electron chi connectivity index (χ2n) is 5.20. The van der Waals surface area contributed by atoms with Crippen molar-refractivity contribution in [2.24, 2.45) is 0 Å². The third-order valence-electron chi connectivity index (χ3n) is 3.53. The predicted molar refractivity (Wildman–Crippen MR) is 82.7 cm³/mol. The first-order valence-corrected chi connectivity index (χ1v) is 10.2. The Bertz CT molecular complexity index is 121. The first kappa shape index (κ1) is 17.4. The highest BCUT2D eigenvalue weighted by Gasteiger charge is 2.35. The zero-order valence-corrected chi connectivity index (χ0v) is 13.5. The van der Waals surface area contributed by atoms with Gasteiger partial charge in [-0.25, -0.2) is 0 Å². The van der Waals surface area contributed by atoms with Crippen LogP contribution in [-0.2, 0) is 4.74 Å². The number of rotatable bonds is 12. The highest BCUT2D eigenvalue weighted by molar-refractivity contribution is 7.75. The van der Waals surface area contributed by atoms with Crippen molar-refractivity contribution in [2.45, 2.75) is 66.2 Å². The van der Waals surface area contributed by atoms with Crippen LogP contribution in [0.15, 0.2) is 0 Å². The Kier molecular flexibility index (Phi) is 11.7. The van der Waals surface area contributed by atoms with Crippen LogP contribution < -0.4 is 0 Å². The summed E-state index contributed by atoms with van der Waals surface area (Å²) in [6.07, 6.45) is 13.8. The molecule has 17 heavy (non-hydrogen) atoms. The first-order valence-electron chi connectivity index (χ1n) is 7.67. The van der Waals surface area contributed by atoms with Gasteiger partial charge in [-0.2, -0.15) is 0 Å². The Balaban J connectivity index is 4.39. The number of ether oxygens (including phenoxy) is 1. The minimum Gasteiger partial charge on any atom is -0.347 e. The van der Waals surface area contributed by atoms with E-state index in [2.05, 4.69) is 27.7 Å². The van der Waals surface area contributed by atoms with Gasteiger partial charge in [0.25, 0.3) is 0 Å². The predicted octanol–water partition coefficient (Wildman–Crippen LogP) is 5.40. The molecule has 0 aliphatic rings. The molecule has 2 heteroatoms. The molecule has 0 heterocycles. The first-order chi connectivity index (χ1) is 8.24. The van der Waals surface area contributed by atoms with Crippen molar-refractivity contribution in [2.75, 3.05) is 31.4 Å². The van der Waals surface area contributed by atoms with Gasteiger partial charge in [0.15, 0.2) is 6.35 Å². The SMILES string of the molecule is CCCC[P+](CCCC)(CCCC)COCC. The van der Waals surface area contributed by atoms with Crippen LogP contribution in [0.5, 0.6) is 0 Å². The van der Waals surface area contributed by atoms with Crippen molar-refractivity contribution >= 4 is 7.26 Å². The average Bonchev–Trinajstić information content (AvgIpc) is 2.37. The Morgan fingerprint density at radius 2 is 1.12 bits per heavy atom. The van der Waals surface area contributed by atoms with E-state index in [-0.39, 0.29) is 0 Å². The molecule has 1 nitrogen and oxygen atoms in total. The lowest BCUT2D eigenvalue weighted by molar-refractivity contribution is 0.193. The summed E-state index contributed by atoms with van der Waals surface area (Å²) in [5, 5.41) is 0. The van der Waals surface area contributed by atoms with Crippen LogP contribution in [0.4, 0.5) is 0 Å². The molecule has 0 amide bonds. The Labute approximate surface area is 110 Å². The minimum absolute atomic E-state index is 0.784. The van der Waals surface area contributed by atoms with Crippen molar-refractivity contribution in [3.63, 3.8) is 0 Å². The number of hydrogen-bond acceptors (Lipinski definition) is 1. The topological polar surface area (TPSA) is 9.23 Å². The summed E-state index contributed by atoms with van der Waals surface area (Å²) in [4.78, 5) is 0. The standard InChI is InChI=1S/C15H34OP/c1-5-9-12-17(13-10-6-2,14-11-7-3)15-16-8-4/h5-15H2,1-4H3/q+1. The van der Waals surface area contributed by atoms with E-state index in [4.69, 9.17) is 4.74 Å². The summed E-state index contributed by atoms with van der Waals surface area (Å²) in [6, 6.07) is 0. The van der Waals surface area contributed by atoms with Gasteiger partial charge in [-0.1, -0.05) is 40.0 Å². The van der Waals surface area contributed by atoms with Gasteiger partial charge in [0.2, 0.25) is 0 Å². The molecule has 0 N–H and O–H groups in total. The minimum atomic E-state index is -0.784. The quantitative estimate of drug-likeness (QED) is 0.427. The smallest absolute Gasteiger partial charge is 0.157 e. The molecule has 0 aliphatic heterocycles. The van der Waals surface area contributed by atoms with Crippen molar-refractivity contribution in [1.82, 2.24) is 0 Å². The molecule has 104 valence electrons. The van der Waals surface area contributed by atoms with Gasteiger partial charge in [-0.05, 0) is 26.2 Å². The van der Waals surface area contributed by atoms with E-state index in [9.17, 15) is 0 Å². The summed E-state index contributed by atoms with van der Waals surface area (Å²) >= 11 is 0. The van der Waals surface area contributed by atoms with Gasteiger partial charge in [0, 0.05) is 13.9 Å². The molecular formula is C15H34OP+. The maximum Gasteiger partial charge on any atom is 0.157 e. The van der Waals surface area contributed by atoms with E-state index < -0.39 is 7.26 Å². The van der Waals surface area contributed by atoms with Gasteiger partial charge in [0.1, 0.15) is 0 Å². The Hall–Kier alpha value is 0.390. The number of unbranched alkanes of at least 4 members (excludes halogenated alkanes) is 3. The van der Waals surface area contributed by atoms with Crippen molar-refractivity contribution in [3.05, 3.63) is 0 Å². The molecule has 0 radical (unpaired) electrons. The van der Waals surface area contributed by atoms with Gasteiger partial charge in [0.05, 0.1) is 18.5 Å². The summed E-state index contributed by atoms with van der Waals surface area (Å²) in [5.74, 6) is 0. The lowest BCUT2D eigenvalue weighted by Gasteiger charge is -2.27. The normalized spacial score (nSPS) is 12.0. The fraction of sp³-hybridized carbons (Fsp3) is 1.00. The monoisotopic (exact) mass is 261 g/mol. The lowest BCUT2D eigenvalue weighted by atomic mass is 10.4. The van der Waals surface area contributed by atoms with Crippen LogP contribution in [0.3, 0.4) is 0 Å². The largest absolute Gasteiger partial charge is 0.347 e. The van der Waals surface area contributed by atoms with Crippen LogP contribution >= 0.6 is 7.26 Å². The van der Waals surface area contributed by atoms with Crippen molar-refractivity contribution in [1.29, 1.82) is 0 Å². The maximum absolute atomic E-state index is 5.84. The van der Waals surface area contributed by atoms with Crippen molar-refractivity contribution < 1.29 is 4.74 Å². The zero-order valence-electron chi connectivity index (χ0n) is 12.6. The second kappa shape index (κ2) is 11.5. The van der Waals surface area contributed by atoms with Gasteiger partial charge in [-0.3, -0.25) is 0 Å². The molecule has 0 atom stereocenters.